The van der Waals surface area contributed by atoms with Crippen molar-refractivity contribution in [1.29, 1.82) is 0 Å². The van der Waals surface area contributed by atoms with Gasteiger partial charge in [-0.25, -0.2) is 4.98 Å². The second kappa shape index (κ2) is 6.26. The maximum absolute atomic E-state index is 5.61. The normalized spacial score (nSPS) is 10.6. The lowest BCUT2D eigenvalue weighted by molar-refractivity contribution is 0.0717. The van der Waals surface area contributed by atoms with Crippen LogP contribution in [0.25, 0.3) is 0 Å². The Morgan fingerprint density at radius 3 is 2.85 bits per heavy atom. The topological polar surface area (TPSA) is 44.2 Å². The number of methoxy groups -OCH3 is 1. The SMILES string of the molecule is COCCOCCc1nsc(Cl)n1. The summed E-state index contributed by atoms with van der Waals surface area (Å²) in [6.07, 6.45) is 0.701. The zero-order valence-electron chi connectivity index (χ0n) is 7.33. The third-order valence-corrected chi connectivity index (χ3v) is 2.18. The average molecular weight is 223 g/mol. The van der Waals surface area contributed by atoms with Crippen LogP contribution in [0, 0.1) is 0 Å². The summed E-state index contributed by atoms with van der Waals surface area (Å²) in [6, 6.07) is 0. The van der Waals surface area contributed by atoms with E-state index in [-0.39, 0.29) is 0 Å². The molecule has 1 aromatic heterocycles. The summed E-state index contributed by atoms with van der Waals surface area (Å²) in [4.78, 5) is 3.99. The summed E-state index contributed by atoms with van der Waals surface area (Å²) in [5, 5.41) is 0. The molecule has 0 atom stereocenters. The first-order valence-electron chi connectivity index (χ1n) is 3.87. The van der Waals surface area contributed by atoms with Crippen LogP contribution in [0.15, 0.2) is 0 Å². The molecule has 6 heteroatoms. The Morgan fingerprint density at radius 2 is 2.23 bits per heavy atom. The zero-order valence-corrected chi connectivity index (χ0v) is 8.90. The Morgan fingerprint density at radius 1 is 1.38 bits per heavy atom. The van der Waals surface area contributed by atoms with E-state index < -0.39 is 0 Å². The minimum atomic E-state index is 0.479. The summed E-state index contributed by atoms with van der Waals surface area (Å²) in [5.41, 5.74) is 0. The maximum Gasteiger partial charge on any atom is 0.203 e. The number of hydrogen-bond donors (Lipinski definition) is 0. The minimum absolute atomic E-state index is 0.479. The third-order valence-electron chi connectivity index (χ3n) is 1.35. The number of halogens is 1. The third kappa shape index (κ3) is 4.52. The van der Waals surface area contributed by atoms with Gasteiger partial charge in [0.05, 0.1) is 19.8 Å². The summed E-state index contributed by atoms with van der Waals surface area (Å²) in [6.45, 7) is 1.83. The average Bonchev–Trinajstić information content (AvgIpc) is 2.51. The van der Waals surface area contributed by atoms with Gasteiger partial charge in [-0.15, -0.1) is 0 Å². The first kappa shape index (κ1) is 10.8. The number of nitrogens with zero attached hydrogens (tertiary/aromatic N) is 2. The van der Waals surface area contributed by atoms with Gasteiger partial charge in [-0.2, -0.15) is 4.37 Å². The van der Waals surface area contributed by atoms with Crippen molar-refractivity contribution in [2.24, 2.45) is 0 Å². The van der Waals surface area contributed by atoms with Gasteiger partial charge in [-0.1, -0.05) is 0 Å². The van der Waals surface area contributed by atoms with Crippen molar-refractivity contribution >= 4 is 23.1 Å². The van der Waals surface area contributed by atoms with Crippen LogP contribution < -0.4 is 0 Å². The Labute approximate surface area is 86.0 Å². The van der Waals surface area contributed by atoms with E-state index in [0.717, 1.165) is 5.82 Å². The lowest BCUT2D eigenvalue weighted by atomic mass is 10.4. The van der Waals surface area contributed by atoms with Gasteiger partial charge in [0.25, 0.3) is 0 Å². The molecule has 0 unspecified atom stereocenters. The van der Waals surface area contributed by atoms with Crippen LogP contribution in [0.1, 0.15) is 5.82 Å². The van der Waals surface area contributed by atoms with Gasteiger partial charge >= 0.3 is 0 Å². The molecular formula is C7H11ClN2O2S. The minimum Gasteiger partial charge on any atom is -0.382 e. The predicted molar refractivity (Wildman–Crippen MR) is 51.3 cm³/mol. The van der Waals surface area contributed by atoms with E-state index in [2.05, 4.69) is 9.36 Å². The zero-order chi connectivity index (χ0) is 9.52. The Kier molecular flexibility index (Phi) is 5.22. The fourth-order valence-electron chi connectivity index (χ4n) is 0.742. The van der Waals surface area contributed by atoms with E-state index in [0.29, 0.717) is 30.7 Å². The van der Waals surface area contributed by atoms with Gasteiger partial charge in [0.15, 0.2) is 0 Å². The molecule has 0 N–H and O–H groups in total. The fraction of sp³-hybridized carbons (Fsp3) is 0.714. The van der Waals surface area contributed by atoms with Crippen LogP contribution in [-0.2, 0) is 15.9 Å². The molecule has 0 amide bonds. The Bertz CT molecular complexity index is 244. The highest BCUT2D eigenvalue weighted by Crippen LogP contribution is 2.10. The molecule has 0 saturated heterocycles. The molecule has 0 aliphatic heterocycles. The molecule has 0 bridgehead atoms. The highest BCUT2D eigenvalue weighted by atomic mass is 35.5. The highest BCUT2D eigenvalue weighted by molar-refractivity contribution is 7.10. The molecule has 4 nitrogen and oxygen atoms in total. The van der Waals surface area contributed by atoms with Crippen molar-refractivity contribution in [2.75, 3.05) is 26.9 Å². The molecule has 0 fully saturated rings. The van der Waals surface area contributed by atoms with Crippen molar-refractivity contribution in [1.82, 2.24) is 9.36 Å². The quantitative estimate of drug-likeness (QED) is 0.683. The van der Waals surface area contributed by atoms with E-state index in [4.69, 9.17) is 21.1 Å². The van der Waals surface area contributed by atoms with Crippen molar-refractivity contribution in [3.63, 3.8) is 0 Å². The molecule has 74 valence electrons. The van der Waals surface area contributed by atoms with Crippen LogP contribution >= 0.6 is 23.1 Å². The lowest BCUT2D eigenvalue weighted by Crippen LogP contribution is -2.05. The molecule has 0 spiro atoms. The number of hydrogen-bond acceptors (Lipinski definition) is 5. The van der Waals surface area contributed by atoms with Gasteiger partial charge < -0.3 is 9.47 Å². The van der Waals surface area contributed by atoms with Crippen molar-refractivity contribution in [3.05, 3.63) is 10.3 Å². The smallest absolute Gasteiger partial charge is 0.203 e. The van der Waals surface area contributed by atoms with E-state index in [1.807, 2.05) is 0 Å². The van der Waals surface area contributed by atoms with Crippen molar-refractivity contribution in [3.8, 4) is 0 Å². The molecule has 1 heterocycles. The molecular weight excluding hydrogens is 212 g/mol. The summed E-state index contributed by atoms with van der Waals surface area (Å²) in [5.74, 6) is 0.743. The standard InChI is InChI=1S/C7H11ClN2O2S/c1-11-4-5-12-3-2-6-9-7(8)13-10-6/h2-5H2,1H3. The van der Waals surface area contributed by atoms with Gasteiger partial charge in [-0.05, 0) is 23.1 Å². The lowest BCUT2D eigenvalue weighted by Gasteiger charge is -2.00. The molecule has 1 aromatic rings. The van der Waals surface area contributed by atoms with E-state index in [1.54, 1.807) is 7.11 Å². The highest BCUT2D eigenvalue weighted by Gasteiger charge is 2.00. The van der Waals surface area contributed by atoms with Crippen LogP contribution in [-0.4, -0.2) is 36.3 Å². The molecule has 1 rings (SSSR count). The van der Waals surface area contributed by atoms with Crippen LogP contribution in [0.3, 0.4) is 0 Å². The van der Waals surface area contributed by atoms with Gasteiger partial charge in [0, 0.05) is 13.5 Å². The fourth-order valence-corrected chi connectivity index (χ4v) is 1.40. The van der Waals surface area contributed by atoms with E-state index in [9.17, 15) is 0 Å². The van der Waals surface area contributed by atoms with Gasteiger partial charge in [-0.3, -0.25) is 0 Å². The number of aromatic nitrogens is 2. The molecule has 0 saturated carbocycles. The van der Waals surface area contributed by atoms with Crippen LogP contribution in [0.2, 0.25) is 4.47 Å². The monoisotopic (exact) mass is 222 g/mol. The second-order valence-corrected chi connectivity index (χ2v) is 3.65. The Balaban J connectivity index is 2.06. The first-order chi connectivity index (χ1) is 6.33. The van der Waals surface area contributed by atoms with Crippen molar-refractivity contribution in [2.45, 2.75) is 6.42 Å². The van der Waals surface area contributed by atoms with Crippen LogP contribution in [0.4, 0.5) is 0 Å². The number of rotatable bonds is 6. The molecule has 0 aliphatic rings. The molecule has 0 radical (unpaired) electrons. The number of ether oxygens (including phenoxy) is 2. The van der Waals surface area contributed by atoms with Gasteiger partial charge in [0.1, 0.15) is 5.82 Å². The first-order valence-corrected chi connectivity index (χ1v) is 5.03. The predicted octanol–water partition coefficient (Wildman–Crippen LogP) is 1.40. The van der Waals surface area contributed by atoms with E-state index in [1.165, 1.54) is 11.5 Å². The van der Waals surface area contributed by atoms with Gasteiger partial charge in [0.2, 0.25) is 4.47 Å². The summed E-state index contributed by atoms with van der Waals surface area (Å²) >= 11 is 6.80. The molecule has 0 aliphatic carbocycles. The summed E-state index contributed by atoms with van der Waals surface area (Å²) in [7, 11) is 1.64. The Hall–Kier alpha value is -0.230. The summed E-state index contributed by atoms with van der Waals surface area (Å²) < 4.78 is 14.6. The maximum atomic E-state index is 5.61. The molecule has 13 heavy (non-hydrogen) atoms. The largest absolute Gasteiger partial charge is 0.382 e. The van der Waals surface area contributed by atoms with Crippen LogP contribution in [0.5, 0.6) is 0 Å². The van der Waals surface area contributed by atoms with Crippen molar-refractivity contribution < 1.29 is 9.47 Å². The van der Waals surface area contributed by atoms with E-state index >= 15 is 0 Å². The second-order valence-electron chi connectivity index (χ2n) is 2.32. The molecule has 0 aromatic carbocycles.